The summed E-state index contributed by atoms with van der Waals surface area (Å²) >= 11 is 0. The fraction of sp³-hybridized carbons (Fsp3) is 0.778. The van der Waals surface area contributed by atoms with Crippen molar-refractivity contribution in [1.29, 1.82) is 0 Å². The molecule has 4 nitrogen and oxygen atoms in total. The Morgan fingerprint density at radius 1 is 1.38 bits per heavy atom. The van der Waals surface area contributed by atoms with Gasteiger partial charge in [0, 0.05) is 20.0 Å². The molecule has 74 valence electrons. The lowest BCUT2D eigenvalue weighted by Crippen LogP contribution is -2.46. The molecule has 1 fully saturated rings. The van der Waals surface area contributed by atoms with Crippen molar-refractivity contribution in [2.45, 2.75) is 38.8 Å². The number of amides is 2. The maximum atomic E-state index is 11.4. The predicted molar refractivity (Wildman–Crippen MR) is 49.1 cm³/mol. The second kappa shape index (κ2) is 3.77. The molecule has 2 atom stereocenters. The zero-order chi connectivity index (χ0) is 10.0. The summed E-state index contributed by atoms with van der Waals surface area (Å²) in [6.07, 6.45) is 1.69. The van der Waals surface area contributed by atoms with Crippen LogP contribution in [0.25, 0.3) is 0 Å². The normalized spacial score (nSPS) is 27.5. The van der Waals surface area contributed by atoms with Gasteiger partial charge in [0.1, 0.15) is 6.04 Å². The summed E-state index contributed by atoms with van der Waals surface area (Å²) in [6.45, 7) is 3.49. The highest BCUT2D eigenvalue weighted by Crippen LogP contribution is 2.23. The van der Waals surface area contributed by atoms with E-state index in [1.165, 1.54) is 6.92 Å². The van der Waals surface area contributed by atoms with Crippen LogP contribution in [-0.2, 0) is 9.59 Å². The van der Waals surface area contributed by atoms with Gasteiger partial charge in [-0.05, 0) is 19.8 Å². The number of rotatable bonds is 1. The second-order valence-corrected chi connectivity index (χ2v) is 3.48. The molecular formula is C9H16N2O2. The first-order chi connectivity index (χ1) is 6.07. The Bertz CT molecular complexity index is 228. The highest BCUT2D eigenvalue weighted by atomic mass is 16.2. The summed E-state index contributed by atoms with van der Waals surface area (Å²) < 4.78 is 0. The summed E-state index contributed by atoms with van der Waals surface area (Å²) in [5.41, 5.74) is 0. The minimum Gasteiger partial charge on any atom is -0.357 e. The summed E-state index contributed by atoms with van der Waals surface area (Å²) in [5.74, 6) is -0.0712. The molecule has 1 aliphatic rings. The molecule has 13 heavy (non-hydrogen) atoms. The lowest BCUT2D eigenvalue weighted by atomic mass is 10.2. The number of nitrogens with zero attached hydrogens (tertiary/aromatic N) is 1. The lowest BCUT2D eigenvalue weighted by Gasteiger charge is -2.25. The maximum absolute atomic E-state index is 11.4. The molecule has 0 unspecified atom stereocenters. The topological polar surface area (TPSA) is 49.4 Å². The molecule has 0 aromatic rings. The molecule has 0 aromatic carbocycles. The maximum Gasteiger partial charge on any atom is 0.242 e. The van der Waals surface area contributed by atoms with Crippen molar-refractivity contribution in [3.63, 3.8) is 0 Å². The Kier molecular flexibility index (Phi) is 2.90. The summed E-state index contributed by atoms with van der Waals surface area (Å²) in [7, 11) is 1.60. The molecule has 1 saturated heterocycles. The zero-order valence-electron chi connectivity index (χ0n) is 8.33. The molecule has 0 spiro atoms. The van der Waals surface area contributed by atoms with Crippen LogP contribution in [-0.4, -0.2) is 35.8 Å². The van der Waals surface area contributed by atoms with Crippen LogP contribution in [0.5, 0.6) is 0 Å². The standard InChI is InChI=1S/C9H16N2O2/c1-6-4-5-8(9(13)10-3)11(6)7(2)12/h6,8H,4-5H2,1-3H3,(H,10,13)/t6-,8+/m1/s1. The fourth-order valence-electron chi connectivity index (χ4n) is 1.94. The van der Waals surface area contributed by atoms with Gasteiger partial charge >= 0.3 is 0 Å². The van der Waals surface area contributed by atoms with Crippen LogP contribution >= 0.6 is 0 Å². The molecule has 0 bridgehead atoms. The number of likely N-dealkylation sites (N-methyl/N-ethyl adjacent to an activating group) is 1. The van der Waals surface area contributed by atoms with E-state index in [2.05, 4.69) is 5.32 Å². The van der Waals surface area contributed by atoms with Gasteiger partial charge < -0.3 is 10.2 Å². The monoisotopic (exact) mass is 184 g/mol. The van der Waals surface area contributed by atoms with E-state index in [0.717, 1.165) is 12.8 Å². The Morgan fingerprint density at radius 2 is 2.00 bits per heavy atom. The first-order valence-corrected chi connectivity index (χ1v) is 4.58. The summed E-state index contributed by atoms with van der Waals surface area (Å²) in [4.78, 5) is 24.3. The second-order valence-electron chi connectivity index (χ2n) is 3.48. The zero-order valence-corrected chi connectivity index (χ0v) is 8.33. The largest absolute Gasteiger partial charge is 0.357 e. The van der Waals surface area contributed by atoms with Crippen LogP contribution in [0.1, 0.15) is 26.7 Å². The number of carbonyl (C=O) groups excluding carboxylic acids is 2. The summed E-state index contributed by atoms with van der Waals surface area (Å²) in [6, 6.07) is -0.0581. The smallest absolute Gasteiger partial charge is 0.242 e. The average Bonchev–Trinajstić information content (AvgIpc) is 2.45. The van der Waals surface area contributed by atoms with Gasteiger partial charge in [0.25, 0.3) is 0 Å². The van der Waals surface area contributed by atoms with Gasteiger partial charge in [0.2, 0.25) is 11.8 Å². The Balaban J connectivity index is 2.75. The Labute approximate surface area is 78.3 Å². The first-order valence-electron chi connectivity index (χ1n) is 4.58. The summed E-state index contributed by atoms with van der Waals surface area (Å²) in [5, 5.41) is 2.58. The van der Waals surface area contributed by atoms with Crippen molar-refractivity contribution >= 4 is 11.8 Å². The van der Waals surface area contributed by atoms with Gasteiger partial charge in [-0.25, -0.2) is 0 Å². The quantitative estimate of drug-likeness (QED) is 0.630. The molecule has 4 heteroatoms. The van der Waals surface area contributed by atoms with E-state index in [-0.39, 0.29) is 23.9 Å². The minimum atomic E-state index is -0.252. The highest BCUT2D eigenvalue weighted by molar-refractivity contribution is 5.87. The molecule has 1 rings (SSSR count). The minimum absolute atomic E-state index is 0.0152. The van der Waals surface area contributed by atoms with Crippen molar-refractivity contribution in [2.24, 2.45) is 0 Å². The third-order valence-corrected chi connectivity index (χ3v) is 2.58. The number of hydrogen-bond acceptors (Lipinski definition) is 2. The van der Waals surface area contributed by atoms with Gasteiger partial charge in [0.15, 0.2) is 0 Å². The fourth-order valence-corrected chi connectivity index (χ4v) is 1.94. The Morgan fingerprint density at radius 3 is 2.46 bits per heavy atom. The average molecular weight is 184 g/mol. The molecule has 2 amide bonds. The van der Waals surface area contributed by atoms with Crippen molar-refractivity contribution in [3.05, 3.63) is 0 Å². The van der Waals surface area contributed by atoms with Gasteiger partial charge in [0.05, 0.1) is 0 Å². The molecule has 0 saturated carbocycles. The molecule has 1 heterocycles. The molecule has 0 aromatic heterocycles. The van der Waals surface area contributed by atoms with Crippen LogP contribution in [0.4, 0.5) is 0 Å². The number of likely N-dealkylation sites (tertiary alicyclic amines) is 1. The van der Waals surface area contributed by atoms with Crippen LogP contribution in [0, 0.1) is 0 Å². The van der Waals surface area contributed by atoms with Gasteiger partial charge in [-0.3, -0.25) is 9.59 Å². The van der Waals surface area contributed by atoms with Gasteiger partial charge in [-0.2, -0.15) is 0 Å². The molecule has 1 N–H and O–H groups in total. The van der Waals surface area contributed by atoms with Crippen molar-refractivity contribution in [2.75, 3.05) is 7.05 Å². The van der Waals surface area contributed by atoms with Crippen LogP contribution < -0.4 is 5.32 Å². The highest BCUT2D eigenvalue weighted by Gasteiger charge is 2.36. The number of carbonyl (C=O) groups is 2. The first kappa shape index (κ1) is 10.0. The number of nitrogens with one attached hydrogen (secondary N) is 1. The third kappa shape index (κ3) is 1.82. The van der Waals surface area contributed by atoms with Crippen molar-refractivity contribution in [3.8, 4) is 0 Å². The molecule has 0 radical (unpaired) electrons. The van der Waals surface area contributed by atoms with Crippen LogP contribution in [0.2, 0.25) is 0 Å². The number of hydrogen-bond donors (Lipinski definition) is 1. The van der Waals surface area contributed by atoms with E-state index >= 15 is 0 Å². The van der Waals surface area contributed by atoms with Gasteiger partial charge in [-0.1, -0.05) is 0 Å². The van der Waals surface area contributed by atoms with E-state index < -0.39 is 0 Å². The molecular weight excluding hydrogens is 168 g/mol. The predicted octanol–water partition coefficient (Wildman–Crippen LogP) is 0.132. The Hall–Kier alpha value is -1.06. The molecule has 1 aliphatic heterocycles. The van der Waals surface area contributed by atoms with E-state index in [1.807, 2.05) is 6.92 Å². The lowest BCUT2D eigenvalue weighted by molar-refractivity contribution is -0.138. The van der Waals surface area contributed by atoms with E-state index in [4.69, 9.17) is 0 Å². The van der Waals surface area contributed by atoms with Crippen LogP contribution in [0.15, 0.2) is 0 Å². The van der Waals surface area contributed by atoms with E-state index in [9.17, 15) is 9.59 Å². The third-order valence-electron chi connectivity index (χ3n) is 2.58. The van der Waals surface area contributed by atoms with Crippen molar-refractivity contribution in [1.82, 2.24) is 10.2 Å². The SMILES string of the molecule is CNC(=O)[C@@H]1CC[C@@H](C)N1C(C)=O. The van der Waals surface area contributed by atoms with E-state index in [0.29, 0.717) is 0 Å². The van der Waals surface area contributed by atoms with Crippen molar-refractivity contribution < 1.29 is 9.59 Å². The van der Waals surface area contributed by atoms with Gasteiger partial charge in [-0.15, -0.1) is 0 Å². The molecule has 0 aliphatic carbocycles. The van der Waals surface area contributed by atoms with Crippen LogP contribution in [0.3, 0.4) is 0 Å². The van der Waals surface area contributed by atoms with E-state index in [1.54, 1.807) is 11.9 Å².